The zero-order valence-electron chi connectivity index (χ0n) is 8.10. The second kappa shape index (κ2) is 4.83. The summed E-state index contributed by atoms with van der Waals surface area (Å²) in [4.78, 5) is 4.05. The van der Waals surface area contributed by atoms with Gasteiger partial charge in [0.2, 0.25) is 0 Å². The largest absolute Gasteiger partial charge is 0.278 e. The normalized spacial score (nSPS) is 12.2. The minimum Gasteiger partial charge on any atom is -0.250 e. The standard InChI is InChI=1S/C7H13N3O2S2/c1-10(2)14(11,12)9-4-3-7-8-5-6-13-7/h5-6,9H,3-4H2,1-2H3. The average Bonchev–Trinajstić information content (AvgIpc) is 2.56. The molecule has 14 heavy (non-hydrogen) atoms. The summed E-state index contributed by atoms with van der Waals surface area (Å²) < 4.78 is 26.1. The highest BCUT2D eigenvalue weighted by Crippen LogP contribution is 2.03. The molecule has 1 aromatic heterocycles. The summed E-state index contributed by atoms with van der Waals surface area (Å²) in [6.45, 7) is 0.383. The van der Waals surface area contributed by atoms with Gasteiger partial charge in [0.05, 0.1) is 5.01 Å². The molecule has 1 N–H and O–H groups in total. The molecule has 80 valence electrons. The molecule has 0 saturated heterocycles. The molecule has 0 amide bonds. The first-order valence-electron chi connectivity index (χ1n) is 4.08. The van der Waals surface area contributed by atoms with Crippen LogP contribution in [-0.4, -0.2) is 38.3 Å². The van der Waals surface area contributed by atoms with Crippen molar-refractivity contribution < 1.29 is 8.42 Å². The molecule has 0 atom stereocenters. The van der Waals surface area contributed by atoms with E-state index in [2.05, 4.69) is 9.71 Å². The molecule has 0 aliphatic heterocycles. The Balaban J connectivity index is 2.36. The Bertz CT molecular complexity index is 358. The Morgan fingerprint density at radius 1 is 1.57 bits per heavy atom. The van der Waals surface area contributed by atoms with Gasteiger partial charge in [0.1, 0.15) is 0 Å². The molecule has 0 fully saturated rings. The van der Waals surface area contributed by atoms with E-state index in [9.17, 15) is 8.42 Å². The smallest absolute Gasteiger partial charge is 0.250 e. The first kappa shape index (κ1) is 11.6. The molecule has 0 saturated carbocycles. The third-order valence-corrected chi connectivity index (χ3v) is 3.96. The van der Waals surface area contributed by atoms with Gasteiger partial charge in [-0.15, -0.1) is 11.3 Å². The van der Waals surface area contributed by atoms with Crippen LogP contribution in [0.2, 0.25) is 0 Å². The Hall–Kier alpha value is -0.500. The summed E-state index contributed by atoms with van der Waals surface area (Å²) in [6, 6.07) is 0. The lowest BCUT2D eigenvalue weighted by molar-refractivity contribution is 0.506. The van der Waals surface area contributed by atoms with Crippen LogP contribution < -0.4 is 4.72 Å². The fourth-order valence-corrected chi connectivity index (χ4v) is 2.03. The first-order chi connectivity index (χ1) is 6.52. The van der Waals surface area contributed by atoms with Crippen molar-refractivity contribution in [2.75, 3.05) is 20.6 Å². The molecule has 0 bridgehead atoms. The van der Waals surface area contributed by atoms with E-state index in [-0.39, 0.29) is 0 Å². The predicted octanol–water partition coefficient (Wildman–Crippen LogP) is 0.0816. The second-order valence-electron chi connectivity index (χ2n) is 2.86. The van der Waals surface area contributed by atoms with Gasteiger partial charge in [-0.05, 0) is 0 Å². The Morgan fingerprint density at radius 2 is 2.29 bits per heavy atom. The van der Waals surface area contributed by atoms with Gasteiger partial charge in [-0.3, -0.25) is 0 Å². The van der Waals surface area contributed by atoms with Gasteiger partial charge in [0, 0.05) is 38.6 Å². The number of thiazole rings is 1. The molecular weight excluding hydrogens is 222 g/mol. The third kappa shape index (κ3) is 3.33. The maximum absolute atomic E-state index is 11.3. The van der Waals surface area contributed by atoms with Crippen molar-refractivity contribution in [3.63, 3.8) is 0 Å². The maximum atomic E-state index is 11.3. The van der Waals surface area contributed by atoms with Crippen LogP contribution in [0.4, 0.5) is 0 Å². The molecule has 0 radical (unpaired) electrons. The molecular formula is C7H13N3O2S2. The van der Waals surface area contributed by atoms with Gasteiger partial charge < -0.3 is 0 Å². The van der Waals surface area contributed by atoms with Crippen molar-refractivity contribution in [1.29, 1.82) is 0 Å². The highest BCUT2D eigenvalue weighted by molar-refractivity contribution is 7.87. The second-order valence-corrected chi connectivity index (χ2v) is 5.81. The molecule has 0 unspecified atom stereocenters. The van der Waals surface area contributed by atoms with Crippen LogP contribution >= 0.6 is 11.3 Å². The van der Waals surface area contributed by atoms with Gasteiger partial charge in [-0.2, -0.15) is 12.7 Å². The van der Waals surface area contributed by atoms with Crippen molar-refractivity contribution in [2.45, 2.75) is 6.42 Å². The van der Waals surface area contributed by atoms with Gasteiger partial charge in [0.25, 0.3) is 10.2 Å². The summed E-state index contributed by atoms with van der Waals surface area (Å²) >= 11 is 1.52. The molecule has 1 rings (SSSR count). The summed E-state index contributed by atoms with van der Waals surface area (Å²) in [7, 11) is -0.308. The topological polar surface area (TPSA) is 62.3 Å². The van der Waals surface area contributed by atoms with Crippen LogP contribution in [-0.2, 0) is 16.6 Å². The molecule has 0 aromatic carbocycles. The number of nitrogens with one attached hydrogen (secondary N) is 1. The highest BCUT2D eigenvalue weighted by Gasteiger charge is 2.11. The summed E-state index contributed by atoms with van der Waals surface area (Å²) in [5, 5.41) is 2.81. The van der Waals surface area contributed by atoms with Crippen molar-refractivity contribution in [3.05, 3.63) is 16.6 Å². The van der Waals surface area contributed by atoms with E-state index in [1.807, 2.05) is 5.38 Å². The molecule has 7 heteroatoms. The quantitative estimate of drug-likeness (QED) is 0.786. The number of hydrogen-bond acceptors (Lipinski definition) is 4. The van der Waals surface area contributed by atoms with E-state index in [1.165, 1.54) is 25.4 Å². The Labute approximate surface area is 88.0 Å². The van der Waals surface area contributed by atoms with Crippen LogP contribution in [0.5, 0.6) is 0 Å². The van der Waals surface area contributed by atoms with Crippen LogP contribution in [0.1, 0.15) is 5.01 Å². The molecule has 0 aliphatic rings. The van der Waals surface area contributed by atoms with Gasteiger partial charge in [-0.25, -0.2) is 9.71 Å². The number of aromatic nitrogens is 1. The van der Waals surface area contributed by atoms with Crippen LogP contribution in [0.3, 0.4) is 0 Å². The summed E-state index contributed by atoms with van der Waals surface area (Å²) in [5.74, 6) is 0. The number of hydrogen-bond donors (Lipinski definition) is 1. The fraction of sp³-hybridized carbons (Fsp3) is 0.571. The molecule has 1 aromatic rings. The molecule has 0 spiro atoms. The van der Waals surface area contributed by atoms with Crippen molar-refractivity contribution in [3.8, 4) is 0 Å². The van der Waals surface area contributed by atoms with E-state index >= 15 is 0 Å². The molecule has 0 aliphatic carbocycles. The summed E-state index contributed by atoms with van der Waals surface area (Å²) in [5.41, 5.74) is 0. The fourth-order valence-electron chi connectivity index (χ4n) is 0.792. The van der Waals surface area contributed by atoms with Crippen LogP contribution in [0.25, 0.3) is 0 Å². The molecule has 1 heterocycles. The van der Waals surface area contributed by atoms with E-state index in [0.717, 1.165) is 9.31 Å². The maximum Gasteiger partial charge on any atom is 0.278 e. The Kier molecular flexibility index (Phi) is 3.99. The minimum absolute atomic E-state index is 0.383. The third-order valence-electron chi connectivity index (χ3n) is 1.59. The van der Waals surface area contributed by atoms with Gasteiger partial charge >= 0.3 is 0 Å². The average molecular weight is 235 g/mol. The van der Waals surface area contributed by atoms with E-state index < -0.39 is 10.2 Å². The van der Waals surface area contributed by atoms with Crippen LogP contribution in [0.15, 0.2) is 11.6 Å². The number of rotatable bonds is 5. The zero-order valence-corrected chi connectivity index (χ0v) is 9.73. The number of nitrogens with zero attached hydrogens (tertiary/aromatic N) is 2. The monoisotopic (exact) mass is 235 g/mol. The first-order valence-corrected chi connectivity index (χ1v) is 6.40. The lowest BCUT2D eigenvalue weighted by Gasteiger charge is -2.11. The summed E-state index contributed by atoms with van der Waals surface area (Å²) in [6.07, 6.45) is 2.34. The van der Waals surface area contributed by atoms with E-state index in [4.69, 9.17) is 0 Å². The predicted molar refractivity (Wildman–Crippen MR) is 56.4 cm³/mol. The SMILES string of the molecule is CN(C)S(=O)(=O)NCCc1nccs1. The lowest BCUT2D eigenvalue weighted by Crippen LogP contribution is -2.36. The van der Waals surface area contributed by atoms with Gasteiger partial charge in [-0.1, -0.05) is 0 Å². The van der Waals surface area contributed by atoms with Crippen LogP contribution in [0, 0.1) is 0 Å². The highest BCUT2D eigenvalue weighted by atomic mass is 32.2. The van der Waals surface area contributed by atoms with Crippen molar-refractivity contribution in [2.24, 2.45) is 0 Å². The van der Waals surface area contributed by atoms with E-state index in [1.54, 1.807) is 6.20 Å². The van der Waals surface area contributed by atoms with E-state index in [0.29, 0.717) is 13.0 Å². The van der Waals surface area contributed by atoms with Gasteiger partial charge in [0.15, 0.2) is 0 Å². The zero-order chi connectivity index (χ0) is 10.6. The Morgan fingerprint density at radius 3 is 2.79 bits per heavy atom. The van der Waals surface area contributed by atoms with Crippen molar-refractivity contribution >= 4 is 21.5 Å². The lowest BCUT2D eigenvalue weighted by atomic mass is 10.5. The molecule has 5 nitrogen and oxygen atoms in total. The minimum atomic E-state index is -3.29. The van der Waals surface area contributed by atoms with Crippen molar-refractivity contribution in [1.82, 2.24) is 14.0 Å².